The lowest BCUT2D eigenvalue weighted by molar-refractivity contribution is 0.373. The molecule has 3 rings (SSSR count). The Bertz CT molecular complexity index is 553. The van der Waals surface area contributed by atoms with Gasteiger partial charge in [0.05, 0.1) is 11.0 Å². The average molecular weight is 265 g/mol. The first-order chi connectivity index (χ1) is 8.62. The summed E-state index contributed by atoms with van der Waals surface area (Å²) in [5.41, 5.74) is 2.49. The molecule has 4 heteroatoms. The monoisotopic (exact) mass is 265 g/mol. The molecule has 3 nitrogen and oxygen atoms in total. The van der Waals surface area contributed by atoms with Crippen molar-refractivity contribution in [2.45, 2.75) is 43.5 Å². The van der Waals surface area contributed by atoms with E-state index in [0.29, 0.717) is 5.75 Å². The first-order valence-corrected chi connectivity index (χ1v) is 8.39. The van der Waals surface area contributed by atoms with E-state index >= 15 is 0 Å². The van der Waals surface area contributed by atoms with E-state index in [9.17, 15) is 8.42 Å². The summed E-state index contributed by atoms with van der Waals surface area (Å²) in [7, 11) is -2.95. The second-order valence-electron chi connectivity index (χ2n) is 5.35. The lowest BCUT2D eigenvalue weighted by atomic mass is 9.86. The van der Waals surface area contributed by atoms with Crippen LogP contribution in [0.4, 0.5) is 0 Å². The molecule has 1 heterocycles. The van der Waals surface area contributed by atoms with Gasteiger partial charge in [0.15, 0.2) is 9.84 Å². The van der Waals surface area contributed by atoms with Crippen molar-refractivity contribution in [3.8, 4) is 0 Å². The van der Waals surface area contributed by atoms with Gasteiger partial charge < -0.3 is 5.32 Å². The molecule has 1 aromatic carbocycles. The minimum absolute atomic E-state index is 0.00125. The molecule has 1 aliphatic carbocycles. The number of nitrogens with one attached hydrogen (secondary N) is 1. The zero-order valence-electron chi connectivity index (χ0n) is 10.6. The lowest BCUT2D eigenvalue weighted by Crippen LogP contribution is -2.53. The highest BCUT2D eigenvalue weighted by atomic mass is 32.2. The van der Waals surface area contributed by atoms with E-state index < -0.39 is 9.84 Å². The molecule has 2 aliphatic rings. The van der Waals surface area contributed by atoms with Gasteiger partial charge in [0.2, 0.25) is 0 Å². The summed E-state index contributed by atoms with van der Waals surface area (Å²) in [6.45, 7) is 2.04. The zero-order chi connectivity index (χ0) is 12.8. The van der Waals surface area contributed by atoms with Crippen LogP contribution in [0.5, 0.6) is 0 Å². The Balaban J connectivity index is 2.04. The number of hydrogen-bond donors (Lipinski definition) is 1. The predicted molar refractivity (Wildman–Crippen MR) is 72.3 cm³/mol. The second kappa shape index (κ2) is 4.35. The third kappa shape index (κ3) is 1.88. The molecule has 0 aromatic heterocycles. The molecule has 0 spiro atoms. The fraction of sp³-hybridized carbons (Fsp3) is 0.571. The first-order valence-electron chi connectivity index (χ1n) is 6.67. The van der Waals surface area contributed by atoms with E-state index in [2.05, 4.69) is 17.4 Å². The normalized spacial score (nSPS) is 33.5. The van der Waals surface area contributed by atoms with Gasteiger partial charge in [-0.1, -0.05) is 31.2 Å². The van der Waals surface area contributed by atoms with Crippen LogP contribution in [-0.2, 0) is 16.3 Å². The molecule has 1 saturated heterocycles. The number of benzene rings is 1. The summed E-state index contributed by atoms with van der Waals surface area (Å²) in [5.74, 6) is 0.298. The summed E-state index contributed by atoms with van der Waals surface area (Å²) >= 11 is 0. The molecule has 18 heavy (non-hydrogen) atoms. The van der Waals surface area contributed by atoms with E-state index in [4.69, 9.17) is 0 Å². The van der Waals surface area contributed by atoms with Crippen molar-refractivity contribution in [3.63, 3.8) is 0 Å². The van der Waals surface area contributed by atoms with Crippen molar-refractivity contribution < 1.29 is 8.42 Å². The lowest BCUT2D eigenvalue weighted by Gasteiger charge is -2.40. The van der Waals surface area contributed by atoms with Gasteiger partial charge in [-0.05, 0) is 30.4 Å². The van der Waals surface area contributed by atoms with Crippen LogP contribution in [0.25, 0.3) is 0 Å². The highest BCUT2D eigenvalue weighted by Crippen LogP contribution is 2.37. The van der Waals surface area contributed by atoms with E-state index in [1.54, 1.807) is 0 Å². The number of hydrogen-bond acceptors (Lipinski definition) is 3. The van der Waals surface area contributed by atoms with Crippen LogP contribution in [0.2, 0.25) is 0 Å². The minimum atomic E-state index is -2.95. The van der Waals surface area contributed by atoms with Crippen molar-refractivity contribution in [1.29, 1.82) is 0 Å². The average Bonchev–Trinajstić information content (AvgIpc) is 2.37. The second-order valence-corrected chi connectivity index (χ2v) is 7.62. The first kappa shape index (κ1) is 12.2. The molecule has 98 valence electrons. The Kier molecular flexibility index (Phi) is 2.94. The molecule has 0 bridgehead atoms. The third-order valence-corrected chi connectivity index (χ3v) is 6.56. The highest BCUT2D eigenvalue weighted by Gasteiger charge is 2.43. The Hall–Kier alpha value is -0.870. The number of rotatable bonds is 1. The summed E-state index contributed by atoms with van der Waals surface area (Å²) in [5, 5.41) is 3.31. The molecule has 1 aromatic rings. The van der Waals surface area contributed by atoms with Crippen molar-refractivity contribution in [2.24, 2.45) is 0 Å². The summed E-state index contributed by atoms with van der Waals surface area (Å²) in [4.78, 5) is 0. The topological polar surface area (TPSA) is 46.2 Å². The van der Waals surface area contributed by atoms with Crippen molar-refractivity contribution in [3.05, 3.63) is 35.4 Å². The molecule has 1 fully saturated rings. The van der Waals surface area contributed by atoms with Gasteiger partial charge in [0.1, 0.15) is 0 Å². The van der Waals surface area contributed by atoms with Gasteiger partial charge in [-0.2, -0.15) is 0 Å². The van der Waals surface area contributed by atoms with Gasteiger partial charge in [-0.15, -0.1) is 0 Å². The molecule has 0 amide bonds. The largest absolute Gasteiger partial charge is 0.305 e. The molecular weight excluding hydrogens is 246 g/mol. The Morgan fingerprint density at radius 3 is 2.89 bits per heavy atom. The van der Waals surface area contributed by atoms with Crippen LogP contribution >= 0.6 is 0 Å². The molecule has 1 aliphatic heterocycles. The fourth-order valence-corrected chi connectivity index (χ4v) is 5.51. The summed E-state index contributed by atoms with van der Waals surface area (Å²) in [6, 6.07) is 8.34. The van der Waals surface area contributed by atoms with Gasteiger partial charge in [-0.25, -0.2) is 8.42 Å². The number of sulfone groups is 1. The van der Waals surface area contributed by atoms with E-state index in [1.807, 2.05) is 19.1 Å². The molecule has 0 radical (unpaired) electrons. The highest BCUT2D eigenvalue weighted by molar-refractivity contribution is 7.92. The van der Waals surface area contributed by atoms with Gasteiger partial charge in [0.25, 0.3) is 0 Å². The minimum Gasteiger partial charge on any atom is -0.305 e. The molecule has 0 saturated carbocycles. The van der Waals surface area contributed by atoms with E-state index in [-0.39, 0.29) is 17.3 Å². The number of fused-ring (bicyclic) bond motifs is 3. The van der Waals surface area contributed by atoms with Crippen LogP contribution in [0, 0.1) is 0 Å². The maximum absolute atomic E-state index is 12.4. The third-order valence-electron chi connectivity index (χ3n) is 4.26. The molecule has 3 atom stereocenters. The van der Waals surface area contributed by atoms with E-state index in [1.165, 1.54) is 11.1 Å². The quantitative estimate of drug-likeness (QED) is 0.843. The van der Waals surface area contributed by atoms with Crippen LogP contribution < -0.4 is 5.32 Å². The standard InChI is InChI=1S/C14H19NO2S/c1-2-11-9-18(16,17)13-8-7-10-5-3-4-6-12(10)14(13)15-11/h3-6,11,13-15H,2,7-9H2,1H3. The van der Waals surface area contributed by atoms with Crippen LogP contribution in [-0.4, -0.2) is 25.5 Å². The van der Waals surface area contributed by atoms with Crippen LogP contribution in [0.3, 0.4) is 0 Å². The maximum atomic E-state index is 12.4. The molecule has 3 unspecified atom stereocenters. The SMILES string of the molecule is CCC1CS(=O)(=O)C2CCc3ccccc3C2N1. The van der Waals surface area contributed by atoms with Crippen LogP contribution in [0.1, 0.15) is 36.9 Å². The van der Waals surface area contributed by atoms with Gasteiger partial charge >= 0.3 is 0 Å². The number of aryl methyl sites for hydroxylation is 1. The fourth-order valence-electron chi connectivity index (χ4n) is 3.26. The Morgan fingerprint density at radius 1 is 1.33 bits per heavy atom. The Labute approximate surface area is 109 Å². The zero-order valence-corrected chi connectivity index (χ0v) is 11.4. The van der Waals surface area contributed by atoms with Crippen molar-refractivity contribution >= 4 is 9.84 Å². The van der Waals surface area contributed by atoms with Crippen molar-refractivity contribution in [2.75, 3.05) is 5.75 Å². The molecular formula is C14H19NO2S. The summed E-state index contributed by atoms with van der Waals surface area (Å²) < 4.78 is 24.7. The van der Waals surface area contributed by atoms with Gasteiger partial charge in [0, 0.05) is 12.1 Å². The van der Waals surface area contributed by atoms with Gasteiger partial charge in [-0.3, -0.25) is 0 Å². The smallest absolute Gasteiger partial charge is 0.156 e. The summed E-state index contributed by atoms with van der Waals surface area (Å²) in [6.07, 6.45) is 2.51. The molecule has 1 N–H and O–H groups in total. The maximum Gasteiger partial charge on any atom is 0.156 e. The predicted octanol–water partition coefficient (Wildman–Crippen LogP) is 1.84. The van der Waals surface area contributed by atoms with Crippen molar-refractivity contribution in [1.82, 2.24) is 5.32 Å². The Morgan fingerprint density at radius 2 is 2.11 bits per heavy atom. The van der Waals surface area contributed by atoms with E-state index in [0.717, 1.165) is 19.3 Å². The van der Waals surface area contributed by atoms with Crippen LogP contribution in [0.15, 0.2) is 24.3 Å².